The molecule has 2 unspecified atom stereocenters. The Hall–Kier alpha value is -2.95. The monoisotopic (exact) mass is 447 g/mol. The summed E-state index contributed by atoms with van der Waals surface area (Å²) in [5.41, 5.74) is 1.01. The van der Waals surface area contributed by atoms with Crippen molar-refractivity contribution in [2.24, 2.45) is 0 Å². The Balaban J connectivity index is 1.77. The maximum absolute atomic E-state index is 12.5. The second kappa shape index (κ2) is 9.46. The van der Waals surface area contributed by atoms with Crippen molar-refractivity contribution in [3.8, 4) is 0 Å². The number of sulfonamides is 1. The van der Waals surface area contributed by atoms with Crippen molar-refractivity contribution < 1.29 is 27.9 Å². The number of hydrogen-bond donors (Lipinski definition) is 2. The van der Waals surface area contributed by atoms with E-state index in [2.05, 4.69) is 4.72 Å². The number of likely N-dealkylation sites (N-methyl/N-ethyl adjacent to an activating group) is 1. The predicted octanol–water partition coefficient (Wildman–Crippen LogP) is 0.836. The molecule has 1 saturated heterocycles. The van der Waals surface area contributed by atoms with E-state index in [1.807, 2.05) is 0 Å². The topological polar surface area (TPSA) is 116 Å². The van der Waals surface area contributed by atoms with Crippen molar-refractivity contribution in [1.82, 2.24) is 9.80 Å². The lowest BCUT2D eigenvalue weighted by Gasteiger charge is -2.40. The van der Waals surface area contributed by atoms with Gasteiger partial charge in [-0.25, -0.2) is 8.42 Å². The van der Waals surface area contributed by atoms with Gasteiger partial charge < -0.3 is 19.6 Å². The Labute approximate surface area is 181 Å². The lowest BCUT2D eigenvalue weighted by Crippen LogP contribution is -2.55. The number of aliphatic hydroxyl groups is 1. The number of carbonyl (C=O) groups is 2. The first-order valence-corrected chi connectivity index (χ1v) is 11.1. The van der Waals surface area contributed by atoms with E-state index in [1.165, 1.54) is 21.9 Å². The third-order valence-electron chi connectivity index (χ3n) is 4.99. The molecule has 2 aromatic carbocycles. The van der Waals surface area contributed by atoms with Gasteiger partial charge in [-0.1, -0.05) is 30.3 Å². The van der Waals surface area contributed by atoms with Crippen LogP contribution in [0.3, 0.4) is 0 Å². The van der Waals surface area contributed by atoms with Crippen molar-refractivity contribution in [3.05, 3.63) is 60.2 Å². The Morgan fingerprint density at radius 3 is 2.39 bits per heavy atom. The van der Waals surface area contributed by atoms with E-state index >= 15 is 0 Å². The van der Waals surface area contributed by atoms with Crippen molar-refractivity contribution in [1.29, 1.82) is 0 Å². The summed E-state index contributed by atoms with van der Waals surface area (Å²) in [6.07, 6.45) is -0.655. The van der Waals surface area contributed by atoms with Gasteiger partial charge in [0.05, 0.1) is 17.5 Å². The van der Waals surface area contributed by atoms with Gasteiger partial charge in [0.2, 0.25) is 11.8 Å². The van der Waals surface area contributed by atoms with Gasteiger partial charge in [0, 0.05) is 19.8 Å². The zero-order chi connectivity index (χ0) is 22.6. The van der Waals surface area contributed by atoms with Crippen LogP contribution in [0.25, 0.3) is 0 Å². The van der Waals surface area contributed by atoms with Crippen molar-refractivity contribution in [2.45, 2.75) is 17.0 Å². The van der Waals surface area contributed by atoms with Crippen LogP contribution in [0.15, 0.2) is 59.5 Å². The van der Waals surface area contributed by atoms with Gasteiger partial charge in [0.1, 0.15) is 19.3 Å². The molecular weight excluding hydrogens is 422 g/mol. The summed E-state index contributed by atoms with van der Waals surface area (Å²) in [6.45, 7) is -0.768. The molecule has 3 rings (SSSR count). The molecule has 0 spiro atoms. The molecule has 2 amide bonds. The van der Waals surface area contributed by atoms with Crippen LogP contribution >= 0.6 is 0 Å². The number of nitrogens with zero attached hydrogens (tertiary/aromatic N) is 2. The number of carbonyl (C=O) groups excluding carboxylic acids is 2. The van der Waals surface area contributed by atoms with Crippen LogP contribution < -0.4 is 4.72 Å². The Kier molecular flexibility index (Phi) is 6.94. The highest BCUT2D eigenvalue weighted by Gasteiger charge is 2.38. The molecule has 10 heteroatoms. The molecule has 0 saturated carbocycles. The maximum atomic E-state index is 12.5. The molecule has 2 atom stereocenters. The number of morpholine rings is 1. The van der Waals surface area contributed by atoms with Gasteiger partial charge in [-0.05, 0) is 29.8 Å². The highest BCUT2D eigenvalue weighted by atomic mass is 32.2. The van der Waals surface area contributed by atoms with Gasteiger partial charge in [-0.2, -0.15) is 0 Å². The molecule has 1 heterocycles. The number of benzene rings is 2. The lowest BCUT2D eigenvalue weighted by molar-refractivity contribution is -0.164. The fraction of sp³-hybridized carbons (Fsp3) is 0.333. The van der Waals surface area contributed by atoms with Crippen LogP contribution in [-0.4, -0.2) is 75.0 Å². The van der Waals surface area contributed by atoms with Crippen molar-refractivity contribution >= 4 is 27.5 Å². The fourth-order valence-corrected chi connectivity index (χ4v) is 4.34. The second-order valence-electron chi connectivity index (χ2n) is 7.33. The fourth-order valence-electron chi connectivity index (χ4n) is 3.26. The Bertz CT molecular complexity index is 1020. The van der Waals surface area contributed by atoms with Gasteiger partial charge in [-0.3, -0.25) is 14.3 Å². The summed E-state index contributed by atoms with van der Waals surface area (Å²) in [5, 5.41) is 9.91. The number of hydrogen-bond acceptors (Lipinski definition) is 6. The Morgan fingerprint density at radius 2 is 1.81 bits per heavy atom. The maximum Gasteiger partial charge on any atom is 0.261 e. The summed E-state index contributed by atoms with van der Waals surface area (Å²) in [4.78, 5) is 27.2. The third kappa shape index (κ3) is 5.22. The molecule has 0 bridgehead atoms. The highest BCUT2D eigenvalue weighted by molar-refractivity contribution is 7.92. The SMILES string of the molecule is CN(C)C(=O)CN1C(=O)COC(c2ccc(NS(=O)(=O)c3ccccc3)cc2)C1CO. The average Bonchev–Trinajstić information content (AvgIpc) is 2.76. The van der Waals surface area contributed by atoms with E-state index in [4.69, 9.17) is 4.74 Å². The van der Waals surface area contributed by atoms with Crippen LogP contribution in [0.5, 0.6) is 0 Å². The number of ether oxygens (including phenoxy) is 1. The average molecular weight is 448 g/mol. The van der Waals surface area contributed by atoms with E-state index in [-0.39, 0.29) is 36.5 Å². The molecule has 1 aliphatic heterocycles. The molecule has 31 heavy (non-hydrogen) atoms. The summed E-state index contributed by atoms with van der Waals surface area (Å²) in [5.74, 6) is -0.643. The van der Waals surface area contributed by atoms with E-state index in [0.717, 1.165) is 0 Å². The summed E-state index contributed by atoms with van der Waals surface area (Å²) >= 11 is 0. The van der Waals surface area contributed by atoms with Crippen LogP contribution in [0, 0.1) is 0 Å². The molecular formula is C21H25N3O6S. The first-order valence-electron chi connectivity index (χ1n) is 9.63. The molecule has 9 nitrogen and oxygen atoms in total. The molecule has 1 fully saturated rings. The predicted molar refractivity (Wildman–Crippen MR) is 114 cm³/mol. The van der Waals surface area contributed by atoms with Crippen molar-refractivity contribution in [2.75, 3.05) is 38.6 Å². The van der Waals surface area contributed by atoms with Gasteiger partial charge in [-0.15, -0.1) is 0 Å². The third-order valence-corrected chi connectivity index (χ3v) is 6.39. The quantitative estimate of drug-likeness (QED) is 0.650. The van der Waals surface area contributed by atoms with Gasteiger partial charge >= 0.3 is 0 Å². The molecule has 0 radical (unpaired) electrons. The first kappa shape index (κ1) is 22.7. The summed E-state index contributed by atoms with van der Waals surface area (Å²) in [6, 6.07) is 13.8. The highest BCUT2D eigenvalue weighted by Crippen LogP contribution is 2.30. The molecule has 166 valence electrons. The number of nitrogens with one attached hydrogen (secondary N) is 1. The van der Waals surface area contributed by atoms with Gasteiger partial charge in [0.25, 0.3) is 10.0 Å². The van der Waals surface area contributed by atoms with E-state index in [1.54, 1.807) is 56.6 Å². The smallest absolute Gasteiger partial charge is 0.261 e. The zero-order valence-electron chi connectivity index (χ0n) is 17.3. The van der Waals surface area contributed by atoms with Crippen LogP contribution in [0.2, 0.25) is 0 Å². The molecule has 1 aliphatic rings. The Morgan fingerprint density at radius 1 is 1.16 bits per heavy atom. The molecule has 2 aromatic rings. The van der Waals surface area contributed by atoms with E-state index in [9.17, 15) is 23.1 Å². The van der Waals surface area contributed by atoms with E-state index in [0.29, 0.717) is 11.3 Å². The van der Waals surface area contributed by atoms with Crippen molar-refractivity contribution in [3.63, 3.8) is 0 Å². The number of amides is 2. The van der Waals surface area contributed by atoms with Crippen LogP contribution in [0.1, 0.15) is 11.7 Å². The second-order valence-corrected chi connectivity index (χ2v) is 9.01. The first-order chi connectivity index (χ1) is 14.7. The number of rotatable bonds is 7. The molecule has 0 aliphatic carbocycles. The molecule has 2 N–H and O–H groups in total. The molecule has 0 aromatic heterocycles. The minimum atomic E-state index is -3.72. The summed E-state index contributed by atoms with van der Waals surface area (Å²) < 4.78 is 33.1. The zero-order valence-corrected chi connectivity index (χ0v) is 18.1. The minimum absolute atomic E-state index is 0.148. The van der Waals surface area contributed by atoms with E-state index < -0.39 is 22.2 Å². The largest absolute Gasteiger partial charge is 0.394 e. The number of anilines is 1. The van der Waals surface area contributed by atoms with Crippen LogP contribution in [-0.2, 0) is 24.3 Å². The minimum Gasteiger partial charge on any atom is -0.394 e. The normalized spacial score (nSPS) is 19.2. The van der Waals surface area contributed by atoms with Gasteiger partial charge in [0.15, 0.2) is 0 Å². The van der Waals surface area contributed by atoms with Crippen LogP contribution in [0.4, 0.5) is 5.69 Å². The standard InChI is InChI=1S/C21H25N3O6S/c1-23(2)19(26)12-24-18(13-25)21(30-14-20(24)27)15-8-10-16(11-9-15)22-31(28,29)17-6-4-3-5-7-17/h3-11,18,21-22,25H,12-14H2,1-2H3. The lowest BCUT2D eigenvalue weighted by atomic mass is 9.99. The number of aliphatic hydroxyl groups excluding tert-OH is 1. The summed E-state index contributed by atoms with van der Waals surface area (Å²) in [7, 11) is -0.538.